The Kier molecular flexibility index (Phi) is 14.6. The molecule has 7 heteroatoms. The number of nitro groups is 1. The van der Waals surface area contributed by atoms with E-state index in [0.29, 0.717) is 28.7 Å². The molecule has 3 rings (SSSR count). The molecule has 0 unspecified atom stereocenters. The number of rotatable bonds is 20. The van der Waals surface area contributed by atoms with Crippen LogP contribution in [0.2, 0.25) is 0 Å². The first kappa shape index (κ1) is 33.6. The van der Waals surface area contributed by atoms with Crippen molar-refractivity contribution in [1.29, 1.82) is 0 Å². The van der Waals surface area contributed by atoms with Gasteiger partial charge in [-0.05, 0) is 81.6 Å². The highest BCUT2D eigenvalue weighted by Gasteiger charge is 2.23. The molecule has 0 aliphatic carbocycles. The normalized spacial score (nSPS) is 12.0. The lowest BCUT2D eigenvalue weighted by atomic mass is 10.1. The highest BCUT2D eigenvalue weighted by atomic mass is 16.6. The minimum atomic E-state index is -0.547. The van der Waals surface area contributed by atoms with Crippen LogP contribution in [0.25, 0.3) is 10.8 Å². The number of esters is 1. The predicted octanol–water partition coefficient (Wildman–Crippen LogP) is 10.4. The molecule has 0 bridgehead atoms. The lowest BCUT2D eigenvalue weighted by molar-refractivity contribution is -0.384. The maximum Gasteiger partial charge on any atom is 0.343 e. The number of carbonyl (C=O) groups is 1. The van der Waals surface area contributed by atoms with Gasteiger partial charge in [0.25, 0.3) is 0 Å². The first-order valence-corrected chi connectivity index (χ1v) is 15.9. The second-order valence-corrected chi connectivity index (χ2v) is 11.0. The van der Waals surface area contributed by atoms with Crippen molar-refractivity contribution in [2.75, 3.05) is 6.61 Å². The molecular weight excluding hydrogens is 542 g/mol. The molecule has 7 nitrogen and oxygen atoms in total. The predicted molar refractivity (Wildman–Crippen MR) is 173 cm³/mol. The lowest BCUT2D eigenvalue weighted by Gasteiger charge is -2.15. The Morgan fingerprint density at radius 1 is 0.860 bits per heavy atom. The molecule has 0 amide bonds. The fourth-order valence-electron chi connectivity index (χ4n) is 5.06. The SMILES string of the molecule is CC=CCC[C@@H](C)Oc1ccc2c(OC(=O)c3ccc(OCCCCCCCCCCCC)cc3)cccc2c1[N+](=O)[O-]. The summed E-state index contributed by atoms with van der Waals surface area (Å²) in [5.74, 6) is 0.608. The molecule has 0 aliphatic rings. The van der Waals surface area contributed by atoms with Gasteiger partial charge in [0.2, 0.25) is 0 Å². The van der Waals surface area contributed by atoms with E-state index in [-0.39, 0.29) is 23.3 Å². The fourth-order valence-corrected chi connectivity index (χ4v) is 5.06. The zero-order valence-corrected chi connectivity index (χ0v) is 26.0. The molecule has 43 heavy (non-hydrogen) atoms. The Bertz CT molecular complexity index is 1320. The van der Waals surface area contributed by atoms with Gasteiger partial charge in [-0.3, -0.25) is 10.1 Å². The van der Waals surface area contributed by atoms with Gasteiger partial charge in [0.1, 0.15) is 11.5 Å². The molecule has 3 aromatic carbocycles. The molecule has 0 aliphatic heterocycles. The highest BCUT2D eigenvalue weighted by molar-refractivity contribution is 6.00. The van der Waals surface area contributed by atoms with Gasteiger partial charge in [-0.1, -0.05) is 82.9 Å². The molecular formula is C36H47NO6. The van der Waals surface area contributed by atoms with E-state index in [0.717, 1.165) is 25.7 Å². The summed E-state index contributed by atoms with van der Waals surface area (Å²) in [6.45, 7) is 6.74. The molecule has 0 spiro atoms. The summed E-state index contributed by atoms with van der Waals surface area (Å²) in [5, 5.41) is 12.9. The maximum atomic E-state index is 13.0. The molecule has 0 saturated heterocycles. The highest BCUT2D eigenvalue weighted by Crippen LogP contribution is 2.39. The Labute approximate surface area is 256 Å². The van der Waals surface area contributed by atoms with Crippen molar-refractivity contribution in [2.45, 2.75) is 104 Å². The van der Waals surface area contributed by atoms with Crippen LogP contribution in [-0.4, -0.2) is 23.6 Å². The maximum absolute atomic E-state index is 13.0. The number of nitrogens with zero attached hydrogens (tertiary/aromatic N) is 1. The van der Waals surface area contributed by atoms with E-state index in [1.54, 1.807) is 54.6 Å². The summed E-state index contributed by atoms with van der Waals surface area (Å²) in [5.41, 5.74) is 0.227. The summed E-state index contributed by atoms with van der Waals surface area (Å²) in [6.07, 6.45) is 18.1. The Balaban J connectivity index is 1.53. The monoisotopic (exact) mass is 589 g/mol. The summed E-state index contributed by atoms with van der Waals surface area (Å²) < 4.78 is 17.5. The van der Waals surface area contributed by atoms with Crippen LogP contribution in [0.1, 0.15) is 108 Å². The number of hydrogen-bond acceptors (Lipinski definition) is 6. The van der Waals surface area contributed by atoms with Gasteiger partial charge in [-0.25, -0.2) is 4.79 Å². The van der Waals surface area contributed by atoms with Crippen molar-refractivity contribution in [1.82, 2.24) is 0 Å². The number of unbranched alkanes of at least 4 members (excludes halogenated alkanes) is 9. The number of allylic oxidation sites excluding steroid dienone is 2. The third-order valence-electron chi connectivity index (χ3n) is 7.50. The van der Waals surface area contributed by atoms with Gasteiger partial charge in [0.05, 0.1) is 28.6 Å². The largest absolute Gasteiger partial charge is 0.494 e. The van der Waals surface area contributed by atoms with E-state index >= 15 is 0 Å². The minimum absolute atomic E-state index is 0.141. The van der Waals surface area contributed by atoms with Gasteiger partial charge < -0.3 is 14.2 Å². The Morgan fingerprint density at radius 3 is 2.19 bits per heavy atom. The zero-order chi connectivity index (χ0) is 30.9. The average molecular weight is 590 g/mol. The molecule has 0 radical (unpaired) electrons. The van der Waals surface area contributed by atoms with E-state index in [1.807, 2.05) is 26.0 Å². The number of ether oxygens (including phenoxy) is 3. The molecule has 232 valence electrons. The molecule has 0 aromatic heterocycles. The molecule has 0 saturated carbocycles. The molecule has 0 fully saturated rings. The second-order valence-electron chi connectivity index (χ2n) is 11.0. The van der Waals surface area contributed by atoms with E-state index in [9.17, 15) is 14.9 Å². The number of hydrogen-bond donors (Lipinski definition) is 0. The van der Waals surface area contributed by atoms with Crippen molar-refractivity contribution in [3.63, 3.8) is 0 Å². The van der Waals surface area contributed by atoms with Crippen LogP contribution in [0, 0.1) is 10.1 Å². The van der Waals surface area contributed by atoms with Crippen molar-refractivity contribution in [2.24, 2.45) is 0 Å². The van der Waals surface area contributed by atoms with E-state index < -0.39 is 10.9 Å². The molecule has 1 atom stereocenters. The van der Waals surface area contributed by atoms with Gasteiger partial charge >= 0.3 is 11.7 Å². The standard InChI is InChI=1S/C36H47NO6/c1-4-6-8-9-10-11-12-13-14-16-27-41-30-23-21-29(22-24-30)36(38)43-33-20-17-19-32-31(33)25-26-34(35(32)37(39)40)42-28(3)18-15-7-5-2/h5,7,17,19-26,28H,4,6,8-16,18,27H2,1-3H3/t28-/m1/s1. The van der Waals surface area contributed by atoms with Crippen LogP contribution < -0.4 is 14.2 Å². The van der Waals surface area contributed by atoms with Gasteiger partial charge in [-0.2, -0.15) is 0 Å². The first-order valence-electron chi connectivity index (χ1n) is 15.9. The van der Waals surface area contributed by atoms with Crippen LogP contribution in [0.3, 0.4) is 0 Å². The number of benzene rings is 3. The van der Waals surface area contributed by atoms with E-state index in [4.69, 9.17) is 14.2 Å². The number of fused-ring (bicyclic) bond motifs is 1. The Hall–Kier alpha value is -3.87. The lowest BCUT2D eigenvalue weighted by Crippen LogP contribution is -2.12. The summed E-state index contributed by atoms with van der Waals surface area (Å²) >= 11 is 0. The third kappa shape index (κ3) is 11.0. The topological polar surface area (TPSA) is 87.9 Å². The zero-order valence-electron chi connectivity index (χ0n) is 26.0. The average Bonchev–Trinajstić information content (AvgIpc) is 3.00. The van der Waals surface area contributed by atoms with Crippen LogP contribution in [0.15, 0.2) is 66.7 Å². The Morgan fingerprint density at radius 2 is 1.53 bits per heavy atom. The first-order chi connectivity index (χ1) is 20.9. The van der Waals surface area contributed by atoms with Crippen LogP contribution >= 0.6 is 0 Å². The van der Waals surface area contributed by atoms with Crippen LogP contribution in [0.4, 0.5) is 5.69 Å². The molecule has 0 N–H and O–H groups in total. The molecule has 3 aromatic rings. The van der Waals surface area contributed by atoms with Crippen LogP contribution in [-0.2, 0) is 0 Å². The van der Waals surface area contributed by atoms with Crippen molar-refractivity contribution in [3.8, 4) is 17.2 Å². The minimum Gasteiger partial charge on any atom is -0.494 e. The number of carbonyl (C=O) groups excluding carboxylic acids is 1. The quantitative estimate of drug-likeness (QED) is 0.0325. The van der Waals surface area contributed by atoms with Crippen molar-refractivity contribution >= 4 is 22.4 Å². The van der Waals surface area contributed by atoms with Gasteiger partial charge in [0.15, 0.2) is 5.75 Å². The summed E-state index contributed by atoms with van der Waals surface area (Å²) in [6, 6.07) is 15.1. The van der Waals surface area contributed by atoms with E-state index in [1.165, 1.54) is 51.4 Å². The smallest absolute Gasteiger partial charge is 0.343 e. The van der Waals surface area contributed by atoms with Crippen LogP contribution in [0.5, 0.6) is 17.2 Å². The van der Waals surface area contributed by atoms with Gasteiger partial charge in [0, 0.05) is 5.39 Å². The summed E-state index contributed by atoms with van der Waals surface area (Å²) in [4.78, 5) is 24.6. The number of nitro benzene ring substituents is 1. The second kappa shape index (κ2) is 18.6. The third-order valence-corrected chi connectivity index (χ3v) is 7.50. The summed E-state index contributed by atoms with van der Waals surface area (Å²) in [7, 11) is 0. The van der Waals surface area contributed by atoms with Crippen molar-refractivity contribution < 1.29 is 23.9 Å². The van der Waals surface area contributed by atoms with E-state index in [2.05, 4.69) is 6.92 Å². The van der Waals surface area contributed by atoms with Crippen molar-refractivity contribution in [3.05, 3.63) is 82.4 Å². The molecule has 0 heterocycles. The fraction of sp³-hybridized carbons (Fsp3) is 0.472. The van der Waals surface area contributed by atoms with Gasteiger partial charge in [-0.15, -0.1) is 0 Å².